The molecule has 0 aliphatic rings. The van der Waals surface area contributed by atoms with Crippen molar-refractivity contribution in [3.05, 3.63) is 34.5 Å². The number of aromatic nitrogens is 1. The van der Waals surface area contributed by atoms with Gasteiger partial charge in [-0.1, -0.05) is 11.6 Å². The van der Waals surface area contributed by atoms with Crippen LogP contribution in [0.15, 0.2) is 18.3 Å². The van der Waals surface area contributed by atoms with Crippen molar-refractivity contribution in [2.75, 3.05) is 6.54 Å². The molecule has 3 N–H and O–H groups in total. The predicted octanol–water partition coefficient (Wildman–Crippen LogP) is 3.02. The Labute approximate surface area is 94.4 Å². The first kappa shape index (κ1) is 10.5. The van der Waals surface area contributed by atoms with Crippen molar-refractivity contribution in [3.8, 4) is 0 Å². The average Bonchev–Trinajstić information content (AvgIpc) is 2.69. The van der Waals surface area contributed by atoms with E-state index in [1.807, 2.05) is 12.3 Å². The Balaban J connectivity index is 2.50. The highest BCUT2D eigenvalue weighted by Crippen LogP contribution is 2.29. The zero-order valence-electron chi connectivity index (χ0n) is 8.81. The fourth-order valence-electron chi connectivity index (χ4n) is 1.87. The van der Waals surface area contributed by atoms with Crippen molar-refractivity contribution >= 4 is 22.5 Å². The molecule has 2 aromatic rings. The first-order valence-corrected chi connectivity index (χ1v) is 5.57. The Morgan fingerprint density at radius 1 is 1.47 bits per heavy atom. The van der Waals surface area contributed by atoms with E-state index < -0.39 is 0 Å². The molecule has 0 unspecified atom stereocenters. The first-order valence-electron chi connectivity index (χ1n) is 5.19. The van der Waals surface area contributed by atoms with Crippen LogP contribution >= 0.6 is 11.6 Å². The highest BCUT2D eigenvalue weighted by Gasteiger charge is 2.08. The molecule has 1 heterocycles. The van der Waals surface area contributed by atoms with Crippen LogP contribution in [0.5, 0.6) is 0 Å². The highest BCUT2D eigenvalue weighted by atomic mass is 35.5. The van der Waals surface area contributed by atoms with Crippen molar-refractivity contribution < 1.29 is 0 Å². The van der Waals surface area contributed by atoms with E-state index in [2.05, 4.69) is 18.0 Å². The van der Waals surface area contributed by atoms with Gasteiger partial charge in [-0.2, -0.15) is 0 Å². The number of hydrogen-bond acceptors (Lipinski definition) is 1. The topological polar surface area (TPSA) is 41.8 Å². The van der Waals surface area contributed by atoms with E-state index in [4.69, 9.17) is 17.3 Å². The van der Waals surface area contributed by atoms with E-state index in [0.717, 1.165) is 29.9 Å². The second-order valence-corrected chi connectivity index (χ2v) is 4.19. The minimum Gasteiger partial charge on any atom is -0.360 e. The number of H-pyrrole nitrogens is 1. The third-order valence-electron chi connectivity index (χ3n) is 2.79. The van der Waals surface area contributed by atoms with Crippen LogP contribution < -0.4 is 5.73 Å². The maximum Gasteiger partial charge on any atom is 0.0678 e. The lowest BCUT2D eigenvalue weighted by atomic mass is 10.0. The summed E-state index contributed by atoms with van der Waals surface area (Å²) in [6.45, 7) is 2.79. The zero-order valence-corrected chi connectivity index (χ0v) is 9.56. The normalized spacial score (nSPS) is 11.1. The molecule has 2 nitrogen and oxygen atoms in total. The molecule has 0 spiro atoms. The summed E-state index contributed by atoms with van der Waals surface area (Å²) in [6, 6.07) is 4.25. The standard InChI is InChI=1S/C12H15ClN2/c1-8-9(3-2-5-14)7-10-4-6-15-12(10)11(8)13/h4,6-7,15H,2-3,5,14H2,1H3. The maximum atomic E-state index is 6.29. The number of fused-ring (bicyclic) bond motifs is 1. The fourth-order valence-corrected chi connectivity index (χ4v) is 2.15. The van der Waals surface area contributed by atoms with Crippen LogP contribution in [-0.2, 0) is 6.42 Å². The second-order valence-electron chi connectivity index (χ2n) is 3.81. The lowest BCUT2D eigenvalue weighted by molar-refractivity contribution is 0.829. The van der Waals surface area contributed by atoms with Gasteiger partial charge in [0.15, 0.2) is 0 Å². The lowest BCUT2D eigenvalue weighted by Gasteiger charge is -2.08. The van der Waals surface area contributed by atoms with Gasteiger partial charge in [0.2, 0.25) is 0 Å². The Morgan fingerprint density at radius 2 is 2.27 bits per heavy atom. The molecular formula is C12H15ClN2. The lowest BCUT2D eigenvalue weighted by Crippen LogP contribution is -2.01. The van der Waals surface area contributed by atoms with E-state index in [9.17, 15) is 0 Å². The minimum atomic E-state index is 0.724. The Bertz CT molecular complexity index is 474. The van der Waals surface area contributed by atoms with Gasteiger partial charge < -0.3 is 10.7 Å². The number of aromatic amines is 1. The van der Waals surface area contributed by atoms with Crippen LogP contribution in [-0.4, -0.2) is 11.5 Å². The number of aryl methyl sites for hydroxylation is 1. The Morgan fingerprint density at radius 3 is 3.00 bits per heavy atom. The number of rotatable bonds is 3. The number of benzene rings is 1. The van der Waals surface area contributed by atoms with E-state index in [0.29, 0.717) is 0 Å². The van der Waals surface area contributed by atoms with Crippen LogP contribution in [0, 0.1) is 6.92 Å². The monoisotopic (exact) mass is 222 g/mol. The summed E-state index contributed by atoms with van der Waals surface area (Å²) < 4.78 is 0. The summed E-state index contributed by atoms with van der Waals surface area (Å²) in [5.74, 6) is 0. The van der Waals surface area contributed by atoms with Crippen LogP contribution in [0.4, 0.5) is 0 Å². The third-order valence-corrected chi connectivity index (χ3v) is 3.26. The molecule has 0 bridgehead atoms. The van der Waals surface area contributed by atoms with Crippen LogP contribution in [0.25, 0.3) is 10.9 Å². The van der Waals surface area contributed by atoms with Crippen LogP contribution in [0.2, 0.25) is 5.02 Å². The molecule has 0 saturated carbocycles. The van der Waals surface area contributed by atoms with E-state index in [1.165, 1.54) is 16.5 Å². The molecule has 0 aliphatic heterocycles. The predicted molar refractivity (Wildman–Crippen MR) is 65.4 cm³/mol. The van der Waals surface area contributed by atoms with E-state index in [1.54, 1.807) is 0 Å². The summed E-state index contributed by atoms with van der Waals surface area (Å²) in [5, 5.41) is 2.02. The summed E-state index contributed by atoms with van der Waals surface area (Å²) in [4.78, 5) is 3.16. The van der Waals surface area contributed by atoms with Gasteiger partial charge in [-0.05, 0) is 49.6 Å². The molecule has 0 radical (unpaired) electrons. The molecule has 3 heteroatoms. The van der Waals surface area contributed by atoms with Crippen molar-refractivity contribution in [1.29, 1.82) is 0 Å². The molecule has 1 aromatic heterocycles. The summed E-state index contributed by atoms with van der Waals surface area (Å²) >= 11 is 6.29. The van der Waals surface area contributed by atoms with E-state index >= 15 is 0 Å². The van der Waals surface area contributed by atoms with Gasteiger partial charge in [0, 0.05) is 11.6 Å². The summed E-state index contributed by atoms with van der Waals surface area (Å²) in [7, 11) is 0. The van der Waals surface area contributed by atoms with Gasteiger partial charge in [0.1, 0.15) is 0 Å². The highest BCUT2D eigenvalue weighted by molar-refractivity contribution is 6.36. The smallest absolute Gasteiger partial charge is 0.0678 e. The second kappa shape index (κ2) is 4.25. The molecule has 0 aliphatic carbocycles. The van der Waals surface area contributed by atoms with Gasteiger partial charge in [-0.15, -0.1) is 0 Å². The molecule has 0 atom stereocenters. The van der Waals surface area contributed by atoms with Crippen molar-refractivity contribution in [2.24, 2.45) is 5.73 Å². The zero-order chi connectivity index (χ0) is 10.8. The van der Waals surface area contributed by atoms with Gasteiger partial charge in [0.05, 0.1) is 10.5 Å². The molecule has 0 saturated heterocycles. The van der Waals surface area contributed by atoms with Crippen molar-refractivity contribution in [1.82, 2.24) is 4.98 Å². The number of nitrogens with two attached hydrogens (primary N) is 1. The number of hydrogen-bond donors (Lipinski definition) is 2. The molecule has 1 aromatic carbocycles. The summed E-state index contributed by atoms with van der Waals surface area (Å²) in [5.41, 5.74) is 9.02. The largest absolute Gasteiger partial charge is 0.360 e. The maximum absolute atomic E-state index is 6.29. The van der Waals surface area contributed by atoms with Gasteiger partial charge in [0.25, 0.3) is 0 Å². The quantitative estimate of drug-likeness (QED) is 0.824. The average molecular weight is 223 g/mol. The third kappa shape index (κ3) is 1.87. The summed E-state index contributed by atoms with van der Waals surface area (Å²) in [6.07, 6.45) is 3.93. The first-order chi connectivity index (χ1) is 7.24. The van der Waals surface area contributed by atoms with Crippen molar-refractivity contribution in [2.45, 2.75) is 19.8 Å². The van der Waals surface area contributed by atoms with E-state index in [-0.39, 0.29) is 0 Å². The molecule has 0 fully saturated rings. The number of nitrogens with one attached hydrogen (secondary N) is 1. The van der Waals surface area contributed by atoms with Crippen LogP contribution in [0.1, 0.15) is 17.5 Å². The fraction of sp³-hybridized carbons (Fsp3) is 0.333. The Kier molecular flexibility index (Phi) is 2.98. The molecule has 80 valence electrons. The minimum absolute atomic E-state index is 0.724. The SMILES string of the molecule is Cc1c(CCCN)cc2cc[nH]c2c1Cl. The van der Waals surface area contributed by atoms with Gasteiger partial charge in [-0.25, -0.2) is 0 Å². The number of halogens is 1. The molecule has 15 heavy (non-hydrogen) atoms. The molecule has 0 amide bonds. The molecule has 2 rings (SSSR count). The van der Waals surface area contributed by atoms with Gasteiger partial charge >= 0.3 is 0 Å². The van der Waals surface area contributed by atoms with Crippen molar-refractivity contribution in [3.63, 3.8) is 0 Å². The van der Waals surface area contributed by atoms with Gasteiger partial charge in [-0.3, -0.25) is 0 Å². The molecular weight excluding hydrogens is 208 g/mol. The van der Waals surface area contributed by atoms with Crippen LogP contribution in [0.3, 0.4) is 0 Å². The Hall–Kier alpha value is -0.990.